The zero-order chi connectivity index (χ0) is 14.0. The Bertz CT molecular complexity index is 587. The maximum Gasteiger partial charge on any atom is 0.358 e. The van der Waals surface area contributed by atoms with Gasteiger partial charge in [-0.15, -0.1) is 5.10 Å². The lowest BCUT2D eigenvalue weighted by molar-refractivity contribution is 0.0689. The minimum Gasteiger partial charge on any atom is -0.476 e. The number of aromatic carboxylic acids is 1. The average molecular weight is 265 g/mol. The van der Waals surface area contributed by atoms with Gasteiger partial charge in [0.15, 0.2) is 11.5 Å². The minimum atomic E-state index is -1.10. The zero-order valence-corrected chi connectivity index (χ0v) is 11.0. The molecule has 0 spiro atoms. The lowest BCUT2D eigenvalue weighted by Gasteiger charge is -1.98. The first-order chi connectivity index (χ1) is 8.97. The van der Waals surface area contributed by atoms with E-state index in [9.17, 15) is 4.79 Å². The van der Waals surface area contributed by atoms with Crippen molar-refractivity contribution in [3.8, 4) is 0 Å². The molecule has 0 aliphatic carbocycles. The molecule has 2 rings (SSSR count). The molecule has 0 atom stereocenters. The standard InChI is InChI=1S/C11H15N5O3/c1-6(2)4-8-12-9(19-14-8)5-16-7(3)10(11(17)18)13-15-16/h6H,4-5H2,1-3H3,(H,17,18). The number of carboxylic acids is 1. The largest absolute Gasteiger partial charge is 0.476 e. The Kier molecular flexibility index (Phi) is 3.59. The van der Waals surface area contributed by atoms with E-state index in [2.05, 4.69) is 34.3 Å². The maximum atomic E-state index is 10.8. The molecule has 19 heavy (non-hydrogen) atoms. The molecule has 0 aromatic carbocycles. The summed E-state index contributed by atoms with van der Waals surface area (Å²) in [5.74, 6) is 0.369. The fourth-order valence-electron chi connectivity index (χ4n) is 1.64. The quantitative estimate of drug-likeness (QED) is 0.856. The summed E-state index contributed by atoms with van der Waals surface area (Å²) in [5, 5.41) is 20.1. The molecule has 102 valence electrons. The molecule has 0 amide bonds. The Morgan fingerprint density at radius 2 is 2.21 bits per heavy atom. The first kappa shape index (κ1) is 13.2. The van der Waals surface area contributed by atoms with Crippen LogP contribution in [-0.2, 0) is 13.0 Å². The molecule has 0 unspecified atom stereocenters. The molecule has 2 aromatic heterocycles. The molecule has 2 aromatic rings. The number of hydrogen-bond donors (Lipinski definition) is 1. The van der Waals surface area contributed by atoms with Crippen LogP contribution in [0, 0.1) is 12.8 Å². The molecular formula is C11H15N5O3. The number of aromatic nitrogens is 5. The number of hydrogen-bond acceptors (Lipinski definition) is 6. The third-order valence-corrected chi connectivity index (χ3v) is 2.57. The zero-order valence-electron chi connectivity index (χ0n) is 11.0. The SMILES string of the molecule is Cc1c(C(=O)O)nnn1Cc1nc(CC(C)C)no1. The van der Waals surface area contributed by atoms with Crippen LogP contribution >= 0.6 is 0 Å². The fraction of sp³-hybridized carbons (Fsp3) is 0.545. The van der Waals surface area contributed by atoms with Crippen LogP contribution in [0.4, 0.5) is 0 Å². The van der Waals surface area contributed by atoms with Crippen LogP contribution in [0.15, 0.2) is 4.52 Å². The summed E-state index contributed by atoms with van der Waals surface area (Å²) in [7, 11) is 0. The Labute approximate surface area is 109 Å². The van der Waals surface area contributed by atoms with Gasteiger partial charge in [0.1, 0.15) is 6.54 Å². The number of carboxylic acid groups (broad SMARTS) is 1. The molecule has 0 saturated carbocycles. The van der Waals surface area contributed by atoms with E-state index in [1.54, 1.807) is 6.92 Å². The van der Waals surface area contributed by atoms with E-state index in [0.717, 1.165) is 6.42 Å². The van der Waals surface area contributed by atoms with Gasteiger partial charge in [0.25, 0.3) is 0 Å². The van der Waals surface area contributed by atoms with Crippen molar-refractivity contribution in [1.29, 1.82) is 0 Å². The van der Waals surface area contributed by atoms with Gasteiger partial charge < -0.3 is 9.63 Å². The van der Waals surface area contributed by atoms with Crippen molar-refractivity contribution >= 4 is 5.97 Å². The van der Waals surface area contributed by atoms with Crippen molar-refractivity contribution in [2.75, 3.05) is 0 Å². The second-order valence-corrected chi connectivity index (χ2v) is 4.69. The van der Waals surface area contributed by atoms with Gasteiger partial charge in [-0.05, 0) is 12.8 Å². The smallest absolute Gasteiger partial charge is 0.358 e. The summed E-state index contributed by atoms with van der Waals surface area (Å²) in [6.45, 7) is 5.99. The van der Waals surface area contributed by atoms with Gasteiger partial charge in [-0.25, -0.2) is 9.48 Å². The summed E-state index contributed by atoms with van der Waals surface area (Å²) in [5.41, 5.74) is 0.387. The van der Waals surface area contributed by atoms with Crippen molar-refractivity contribution in [3.63, 3.8) is 0 Å². The maximum absolute atomic E-state index is 10.8. The van der Waals surface area contributed by atoms with E-state index in [-0.39, 0.29) is 12.2 Å². The van der Waals surface area contributed by atoms with Crippen LogP contribution in [0.3, 0.4) is 0 Å². The van der Waals surface area contributed by atoms with E-state index in [0.29, 0.717) is 23.3 Å². The molecule has 0 saturated heterocycles. The first-order valence-electron chi connectivity index (χ1n) is 5.92. The van der Waals surface area contributed by atoms with E-state index in [4.69, 9.17) is 9.63 Å². The van der Waals surface area contributed by atoms with Crippen LogP contribution in [0.1, 0.15) is 41.7 Å². The van der Waals surface area contributed by atoms with Gasteiger partial charge in [-0.1, -0.05) is 24.2 Å². The molecular weight excluding hydrogens is 250 g/mol. The van der Waals surface area contributed by atoms with Crippen molar-refractivity contribution in [3.05, 3.63) is 23.1 Å². The van der Waals surface area contributed by atoms with Crippen molar-refractivity contribution < 1.29 is 14.4 Å². The molecule has 0 radical (unpaired) electrons. The monoisotopic (exact) mass is 265 g/mol. The molecule has 8 nitrogen and oxygen atoms in total. The van der Waals surface area contributed by atoms with Gasteiger partial charge in [-0.2, -0.15) is 4.98 Å². The molecule has 1 N–H and O–H groups in total. The Morgan fingerprint density at radius 1 is 1.47 bits per heavy atom. The topological polar surface area (TPSA) is 107 Å². The van der Waals surface area contributed by atoms with Crippen molar-refractivity contribution in [2.24, 2.45) is 5.92 Å². The lowest BCUT2D eigenvalue weighted by atomic mass is 10.1. The summed E-state index contributed by atoms with van der Waals surface area (Å²) in [6.07, 6.45) is 0.736. The number of nitrogens with zero attached hydrogens (tertiary/aromatic N) is 5. The van der Waals surface area contributed by atoms with E-state index in [1.807, 2.05) is 0 Å². The Morgan fingerprint density at radius 3 is 2.79 bits per heavy atom. The molecule has 0 aliphatic rings. The molecule has 0 bridgehead atoms. The highest BCUT2D eigenvalue weighted by atomic mass is 16.5. The highest BCUT2D eigenvalue weighted by Gasteiger charge is 2.17. The van der Waals surface area contributed by atoms with Crippen molar-refractivity contribution in [1.82, 2.24) is 25.1 Å². The van der Waals surface area contributed by atoms with Crippen LogP contribution < -0.4 is 0 Å². The van der Waals surface area contributed by atoms with E-state index >= 15 is 0 Å². The lowest BCUT2D eigenvalue weighted by Crippen LogP contribution is -2.06. The summed E-state index contributed by atoms with van der Waals surface area (Å²) in [4.78, 5) is 15.1. The molecule has 0 aliphatic heterocycles. The predicted molar refractivity (Wildman–Crippen MR) is 63.7 cm³/mol. The third kappa shape index (κ3) is 2.95. The Hall–Kier alpha value is -2.25. The van der Waals surface area contributed by atoms with E-state index in [1.165, 1.54) is 4.68 Å². The summed E-state index contributed by atoms with van der Waals surface area (Å²) >= 11 is 0. The number of rotatable bonds is 5. The predicted octanol–water partition coefficient (Wildman–Crippen LogP) is 0.915. The molecule has 8 heteroatoms. The highest BCUT2D eigenvalue weighted by molar-refractivity contribution is 5.86. The van der Waals surface area contributed by atoms with Crippen LogP contribution in [-0.4, -0.2) is 36.2 Å². The van der Waals surface area contributed by atoms with Gasteiger partial charge in [0.05, 0.1) is 5.69 Å². The summed E-state index contributed by atoms with van der Waals surface area (Å²) < 4.78 is 6.52. The first-order valence-corrected chi connectivity index (χ1v) is 5.92. The van der Waals surface area contributed by atoms with Crippen LogP contribution in [0.25, 0.3) is 0 Å². The van der Waals surface area contributed by atoms with Gasteiger partial charge in [0.2, 0.25) is 5.89 Å². The van der Waals surface area contributed by atoms with Gasteiger partial charge in [0, 0.05) is 6.42 Å². The number of carbonyl (C=O) groups is 1. The molecule has 0 fully saturated rings. The minimum absolute atomic E-state index is 0.0677. The molecule has 2 heterocycles. The fourth-order valence-corrected chi connectivity index (χ4v) is 1.64. The third-order valence-electron chi connectivity index (χ3n) is 2.57. The Balaban J connectivity index is 2.13. The van der Waals surface area contributed by atoms with Gasteiger partial charge in [-0.3, -0.25) is 0 Å². The average Bonchev–Trinajstić information content (AvgIpc) is 2.87. The van der Waals surface area contributed by atoms with E-state index < -0.39 is 5.97 Å². The highest BCUT2D eigenvalue weighted by Crippen LogP contribution is 2.08. The van der Waals surface area contributed by atoms with Crippen molar-refractivity contribution in [2.45, 2.75) is 33.7 Å². The van der Waals surface area contributed by atoms with Gasteiger partial charge >= 0.3 is 5.97 Å². The normalized spacial score (nSPS) is 11.2. The van der Waals surface area contributed by atoms with Crippen LogP contribution in [0.5, 0.6) is 0 Å². The van der Waals surface area contributed by atoms with Crippen LogP contribution in [0.2, 0.25) is 0 Å². The second kappa shape index (κ2) is 5.17. The second-order valence-electron chi connectivity index (χ2n) is 4.69. The summed E-state index contributed by atoms with van der Waals surface area (Å²) in [6, 6.07) is 0.